The molecule has 8 heteroatoms. The number of anilines is 1. The highest BCUT2D eigenvalue weighted by molar-refractivity contribution is 6.33. The molecule has 3 heterocycles. The predicted octanol–water partition coefficient (Wildman–Crippen LogP) is 3.85. The van der Waals surface area contributed by atoms with Gasteiger partial charge in [0.05, 0.1) is 22.4 Å². The van der Waals surface area contributed by atoms with E-state index in [1.807, 2.05) is 24.5 Å². The molecule has 1 amide bonds. The maximum atomic E-state index is 12.4. The molecule has 162 valence electrons. The summed E-state index contributed by atoms with van der Waals surface area (Å²) < 4.78 is 7.70. The zero-order valence-corrected chi connectivity index (χ0v) is 18.0. The summed E-state index contributed by atoms with van der Waals surface area (Å²) in [5, 5.41) is 3.45. The molecule has 31 heavy (non-hydrogen) atoms. The van der Waals surface area contributed by atoms with Gasteiger partial charge < -0.3 is 20.4 Å². The lowest BCUT2D eigenvalue weighted by atomic mass is 9.80. The van der Waals surface area contributed by atoms with Crippen molar-refractivity contribution >= 4 is 34.4 Å². The first-order valence-corrected chi connectivity index (χ1v) is 11.2. The summed E-state index contributed by atoms with van der Waals surface area (Å²) in [5.74, 6) is 1.03. The van der Waals surface area contributed by atoms with Gasteiger partial charge in [0, 0.05) is 43.5 Å². The van der Waals surface area contributed by atoms with Crippen molar-refractivity contribution in [1.82, 2.24) is 14.5 Å². The first kappa shape index (κ1) is 20.4. The number of aromatic nitrogens is 3. The number of imidazole rings is 1. The number of hydrogen-bond acceptors (Lipinski definition) is 5. The molecule has 0 radical (unpaired) electrons. The minimum atomic E-state index is -0.0354. The fraction of sp³-hybridized carbons (Fsp3) is 0.435. The lowest BCUT2D eigenvalue weighted by Crippen LogP contribution is -2.42. The van der Waals surface area contributed by atoms with Crippen LogP contribution in [0, 0.1) is 11.8 Å². The summed E-state index contributed by atoms with van der Waals surface area (Å²) >= 11 is 6.48. The third-order valence-electron chi connectivity index (χ3n) is 6.38. The number of halogens is 1. The summed E-state index contributed by atoms with van der Waals surface area (Å²) in [6.45, 7) is 2.59. The predicted molar refractivity (Wildman–Crippen MR) is 121 cm³/mol. The van der Waals surface area contributed by atoms with Gasteiger partial charge in [-0.05, 0) is 55.4 Å². The van der Waals surface area contributed by atoms with Gasteiger partial charge in [0.25, 0.3) is 0 Å². The lowest BCUT2D eigenvalue weighted by Gasteiger charge is -2.30. The largest absolute Gasteiger partial charge is 0.381 e. The third-order valence-corrected chi connectivity index (χ3v) is 6.68. The number of nitrogens with one attached hydrogen (secondary N) is 1. The van der Waals surface area contributed by atoms with Crippen LogP contribution in [0.1, 0.15) is 25.7 Å². The topological polar surface area (TPSA) is 95.1 Å². The van der Waals surface area contributed by atoms with Crippen LogP contribution in [0.5, 0.6) is 0 Å². The van der Waals surface area contributed by atoms with E-state index in [1.165, 1.54) is 0 Å². The molecule has 0 atom stereocenters. The molecule has 1 saturated carbocycles. The lowest BCUT2D eigenvalue weighted by molar-refractivity contribution is -0.122. The highest BCUT2D eigenvalue weighted by Crippen LogP contribution is 2.33. The van der Waals surface area contributed by atoms with E-state index in [0.717, 1.165) is 67.6 Å². The normalized spacial score (nSPS) is 21.7. The number of carbonyl (C=O) groups is 1. The molecule has 3 aromatic rings. The first-order chi connectivity index (χ1) is 15.1. The smallest absolute Gasteiger partial charge is 0.228 e. The second-order valence-corrected chi connectivity index (χ2v) is 9.03. The highest BCUT2D eigenvalue weighted by atomic mass is 35.5. The highest BCUT2D eigenvalue weighted by Gasteiger charge is 2.32. The van der Waals surface area contributed by atoms with Crippen molar-refractivity contribution in [3.8, 4) is 11.1 Å². The van der Waals surface area contributed by atoms with E-state index in [4.69, 9.17) is 22.1 Å². The quantitative estimate of drug-likeness (QED) is 0.629. The van der Waals surface area contributed by atoms with Crippen LogP contribution in [0.2, 0.25) is 5.02 Å². The summed E-state index contributed by atoms with van der Waals surface area (Å²) in [6.07, 6.45) is 7.09. The molecule has 1 aromatic carbocycles. The maximum Gasteiger partial charge on any atom is 0.228 e. The van der Waals surface area contributed by atoms with Gasteiger partial charge in [0.2, 0.25) is 5.91 Å². The molecule has 0 spiro atoms. The molecule has 3 N–H and O–H groups in total. The van der Waals surface area contributed by atoms with Gasteiger partial charge in [-0.3, -0.25) is 4.79 Å². The number of nitrogens with two attached hydrogens (primary N) is 1. The fourth-order valence-corrected chi connectivity index (χ4v) is 4.62. The third kappa shape index (κ3) is 4.31. The average Bonchev–Trinajstić information content (AvgIpc) is 3.15. The summed E-state index contributed by atoms with van der Waals surface area (Å²) in [6, 6.07) is 8.09. The molecule has 2 aromatic heterocycles. The standard InChI is InChI=1S/C23H26ClN5O2/c24-19-11-26-22(28-23(30)16-7-17(25)8-16)10-18(19)15-1-2-20-21(9-15)29(13-27-20)12-14-3-5-31-6-4-14/h1-2,9-11,13-14,16-17H,3-8,12,25H2,(H,26,28,30)/t16-,17+. The molecule has 2 aliphatic rings. The van der Waals surface area contributed by atoms with Gasteiger partial charge in [-0.25, -0.2) is 9.97 Å². The molecule has 7 nitrogen and oxygen atoms in total. The van der Waals surface area contributed by atoms with Crippen molar-refractivity contribution in [2.45, 2.75) is 38.3 Å². The minimum Gasteiger partial charge on any atom is -0.381 e. The van der Waals surface area contributed by atoms with Crippen molar-refractivity contribution in [1.29, 1.82) is 0 Å². The van der Waals surface area contributed by atoms with E-state index in [1.54, 1.807) is 6.20 Å². The molecule has 2 fully saturated rings. The molecule has 1 aliphatic carbocycles. The van der Waals surface area contributed by atoms with Crippen LogP contribution >= 0.6 is 11.6 Å². The van der Waals surface area contributed by atoms with Gasteiger partial charge in [-0.1, -0.05) is 17.7 Å². The molecule has 0 bridgehead atoms. The van der Waals surface area contributed by atoms with Gasteiger partial charge in [0.15, 0.2) is 0 Å². The summed E-state index contributed by atoms with van der Waals surface area (Å²) in [4.78, 5) is 21.2. The number of rotatable bonds is 5. The Morgan fingerprint density at radius 3 is 2.81 bits per heavy atom. The van der Waals surface area contributed by atoms with Crippen molar-refractivity contribution in [3.63, 3.8) is 0 Å². The van der Waals surface area contributed by atoms with Gasteiger partial charge in [-0.2, -0.15) is 0 Å². The van der Waals surface area contributed by atoms with E-state index in [-0.39, 0.29) is 17.9 Å². The van der Waals surface area contributed by atoms with Crippen molar-refractivity contribution < 1.29 is 9.53 Å². The van der Waals surface area contributed by atoms with Crippen LogP contribution in [-0.2, 0) is 16.1 Å². The molecule has 5 rings (SSSR count). The van der Waals surface area contributed by atoms with E-state index in [0.29, 0.717) is 16.8 Å². The van der Waals surface area contributed by atoms with Crippen LogP contribution in [0.3, 0.4) is 0 Å². The number of pyridine rings is 1. The van der Waals surface area contributed by atoms with E-state index < -0.39 is 0 Å². The minimum absolute atomic E-state index is 0.0348. The maximum absolute atomic E-state index is 12.4. The van der Waals surface area contributed by atoms with Crippen molar-refractivity contribution in [2.75, 3.05) is 18.5 Å². The Kier molecular flexibility index (Phi) is 5.65. The molecular formula is C23H26ClN5O2. The number of hydrogen-bond donors (Lipinski definition) is 2. The average molecular weight is 440 g/mol. The molecule has 1 saturated heterocycles. The number of benzene rings is 1. The molecule has 1 aliphatic heterocycles. The van der Waals surface area contributed by atoms with Crippen LogP contribution < -0.4 is 11.1 Å². The number of fused-ring (bicyclic) bond motifs is 1. The number of nitrogens with zero attached hydrogens (tertiary/aromatic N) is 3. The van der Waals surface area contributed by atoms with Gasteiger partial charge in [0.1, 0.15) is 5.82 Å². The van der Waals surface area contributed by atoms with Crippen molar-refractivity contribution in [2.24, 2.45) is 17.6 Å². The zero-order chi connectivity index (χ0) is 21.4. The number of amides is 1. The Hall–Kier alpha value is -2.48. The van der Waals surface area contributed by atoms with Gasteiger partial charge >= 0.3 is 0 Å². The Balaban J connectivity index is 1.40. The molecule has 0 unspecified atom stereocenters. The summed E-state index contributed by atoms with van der Waals surface area (Å²) in [5.41, 5.74) is 9.63. The van der Waals surface area contributed by atoms with Crippen molar-refractivity contribution in [3.05, 3.63) is 41.8 Å². The Bertz CT molecular complexity index is 1100. The SMILES string of the molecule is N[C@H]1C[C@@H](C(=O)Nc2cc(-c3ccc4ncn(CC5CCOCC5)c4c3)c(Cl)cn2)C1. The van der Waals surface area contributed by atoms with E-state index >= 15 is 0 Å². The second kappa shape index (κ2) is 8.57. The Labute approximate surface area is 185 Å². The monoisotopic (exact) mass is 439 g/mol. The number of carbonyl (C=O) groups excluding carboxylic acids is 1. The van der Waals surface area contributed by atoms with Gasteiger partial charge in [-0.15, -0.1) is 0 Å². The van der Waals surface area contributed by atoms with Crippen LogP contribution in [0.4, 0.5) is 5.82 Å². The van der Waals surface area contributed by atoms with E-state index in [9.17, 15) is 4.79 Å². The Morgan fingerprint density at radius 2 is 2.03 bits per heavy atom. The van der Waals surface area contributed by atoms with Crippen LogP contribution in [0.15, 0.2) is 36.8 Å². The van der Waals surface area contributed by atoms with Crippen LogP contribution in [0.25, 0.3) is 22.2 Å². The first-order valence-electron chi connectivity index (χ1n) is 10.8. The van der Waals surface area contributed by atoms with Crippen LogP contribution in [-0.4, -0.2) is 39.7 Å². The fourth-order valence-electron chi connectivity index (χ4n) is 4.41. The zero-order valence-electron chi connectivity index (χ0n) is 17.3. The summed E-state index contributed by atoms with van der Waals surface area (Å²) in [7, 11) is 0. The molecular weight excluding hydrogens is 414 g/mol. The van der Waals surface area contributed by atoms with E-state index in [2.05, 4.69) is 25.9 Å². The number of ether oxygens (including phenoxy) is 1. The Morgan fingerprint density at radius 1 is 1.23 bits per heavy atom. The second-order valence-electron chi connectivity index (χ2n) is 8.62.